The van der Waals surface area contributed by atoms with Crippen molar-refractivity contribution in [2.45, 2.75) is 38.3 Å². The first-order chi connectivity index (χ1) is 7.07. The molecule has 0 amide bonds. The van der Waals surface area contributed by atoms with Crippen molar-refractivity contribution in [3.63, 3.8) is 0 Å². The molecule has 0 spiro atoms. The van der Waals surface area contributed by atoms with Crippen LogP contribution >= 0.6 is 0 Å². The SMILES string of the molecule is FC(F)(F)C1CCC(C2CCNC2)CC1. The molecule has 15 heavy (non-hydrogen) atoms. The number of rotatable bonds is 1. The van der Waals surface area contributed by atoms with Gasteiger partial charge in [-0.15, -0.1) is 0 Å². The molecule has 1 unspecified atom stereocenters. The summed E-state index contributed by atoms with van der Waals surface area (Å²) >= 11 is 0. The van der Waals surface area contributed by atoms with Crippen LogP contribution < -0.4 is 5.32 Å². The van der Waals surface area contributed by atoms with Crippen LogP contribution in [0.5, 0.6) is 0 Å². The van der Waals surface area contributed by atoms with Crippen LogP contribution in [0.15, 0.2) is 0 Å². The van der Waals surface area contributed by atoms with Gasteiger partial charge < -0.3 is 5.32 Å². The fourth-order valence-corrected chi connectivity index (χ4v) is 3.00. The molecule has 0 bridgehead atoms. The van der Waals surface area contributed by atoms with Crippen molar-refractivity contribution < 1.29 is 13.2 Å². The van der Waals surface area contributed by atoms with Gasteiger partial charge in [-0.1, -0.05) is 0 Å². The van der Waals surface area contributed by atoms with E-state index < -0.39 is 12.1 Å². The van der Waals surface area contributed by atoms with Crippen LogP contribution in [0.25, 0.3) is 0 Å². The van der Waals surface area contributed by atoms with E-state index in [9.17, 15) is 13.2 Å². The Labute approximate surface area is 88.4 Å². The summed E-state index contributed by atoms with van der Waals surface area (Å²) in [5.74, 6) is 0.154. The number of halogens is 3. The zero-order chi connectivity index (χ0) is 10.9. The predicted molar refractivity (Wildman–Crippen MR) is 52.5 cm³/mol. The molecule has 1 saturated carbocycles. The topological polar surface area (TPSA) is 12.0 Å². The average molecular weight is 221 g/mol. The highest BCUT2D eigenvalue weighted by atomic mass is 19.4. The third kappa shape index (κ3) is 2.65. The molecular weight excluding hydrogens is 203 g/mol. The first kappa shape index (κ1) is 11.2. The fraction of sp³-hybridized carbons (Fsp3) is 1.00. The van der Waals surface area contributed by atoms with Crippen molar-refractivity contribution in [2.24, 2.45) is 17.8 Å². The number of nitrogens with one attached hydrogen (secondary N) is 1. The fourth-order valence-electron chi connectivity index (χ4n) is 3.00. The summed E-state index contributed by atoms with van der Waals surface area (Å²) in [4.78, 5) is 0. The molecule has 2 aliphatic rings. The first-order valence-electron chi connectivity index (χ1n) is 5.85. The minimum absolute atomic E-state index is 0.352. The highest BCUT2D eigenvalue weighted by Crippen LogP contribution is 2.42. The average Bonchev–Trinajstić information content (AvgIpc) is 2.69. The highest BCUT2D eigenvalue weighted by molar-refractivity contribution is 4.84. The third-order valence-corrected chi connectivity index (χ3v) is 4.00. The maximum Gasteiger partial charge on any atom is 0.391 e. The van der Waals surface area contributed by atoms with Crippen molar-refractivity contribution in [1.29, 1.82) is 0 Å². The second-order valence-corrected chi connectivity index (χ2v) is 4.91. The third-order valence-electron chi connectivity index (χ3n) is 4.00. The van der Waals surface area contributed by atoms with Crippen molar-refractivity contribution >= 4 is 0 Å². The van der Waals surface area contributed by atoms with Gasteiger partial charge in [0.05, 0.1) is 5.92 Å². The lowest BCUT2D eigenvalue weighted by atomic mass is 9.75. The van der Waals surface area contributed by atoms with Gasteiger partial charge >= 0.3 is 6.18 Å². The van der Waals surface area contributed by atoms with Crippen LogP contribution in [0.2, 0.25) is 0 Å². The quantitative estimate of drug-likeness (QED) is 0.717. The molecule has 0 aromatic heterocycles. The summed E-state index contributed by atoms with van der Waals surface area (Å²) in [6.45, 7) is 2.06. The van der Waals surface area contributed by atoms with E-state index in [0.717, 1.165) is 32.4 Å². The highest BCUT2D eigenvalue weighted by Gasteiger charge is 2.42. The second-order valence-electron chi connectivity index (χ2n) is 4.91. The van der Waals surface area contributed by atoms with E-state index in [2.05, 4.69) is 5.32 Å². The van der Waals surface area contributed by atoms with Crippen molar-refractivity contribution in [1.82, 2.24) is 5.32 Å². The van der Waals surface area contributed by atoms with Crippen molar-refractivity contribution in [2.75, 3.05) is 13.1 Å². The minimum atomic E-state index is -3.96. The van der Waals surface area contributed by atoms with Crippen molar-refractivity contribution in [3.8, 4) is 0 Å². The van der Waals surface area contributed by atoms with Crippen LogP contribution in [0, 0.1) is 17.8 Å². The molecule has 4 heteroatoms. The lowest BCUT2D eigenvalue weighted by Crippen LogP contribution is -2.30. The molecule has 1 saturated heterocycles. The van der Waals surface area contributed by atoms with E-state index >= 15 is 0 Å². The molecular formula is C11H18F3N. The Morgan fingerprint density at radius 3 is 2.00 bits per heavy atom. The monoisotopic (exact) mass is 221 g/mol. The molecule has 1 aliphatic carbocycles. The Morgan fingerprint density at radius 2 is 1.53 bits per heavy atom. The van der Waals surface area contributed by atoms with Crippen LogP contribution in [0.1, 0.15) is 32.1 Å². The smallest absolute Gasteiger partial charge is 0.316 e. The van der Waals surface area contributed by atoms with Crippen LogP contribution in [-0.2, 0) is 0 Å². The molecule has 2 fully saturated rings. The second kappa shape index (κ2) is 4.32. The first-order valence-corrected chi connectivity index (χ1v) is 5.85. The standard InChI is InChI=1S/C11H18F3N/c12-11(13,14)10-3-1-8(2-4-10)9-5-6-15-7-9/h8-10,15H,1-7H2. The van der Waals surface area contributed by atoms with Gasteiger partial charge in [-0.3, -0.25) is 0 Å². The van der Waals surface area contributed by atoms with Gasteiger partial charge in [0.25, 0.3) is 0 Å². The molecule has 1 nitrogen and oxygen atoms in total. The van der Waals surface area contributed by atoms with Crippen LogP contribution in [0.3, 0.4) is 0 Å². The van der Waals surface area contributed by atoms with E-state index in [0.29, 0.717) is 24.7 Å². The van der Waals surface area contributed by atoms with Gasteiger partial charge in [0.1, 0.15) is 0 Å². The number of hydrogen-bond donors (Lipinski definition) is 1. The Balaban J connectivity index is 1.81. The summed E-state index contributed by atoms with van der Waals surface area (Å²) in [5.41, 5.74) is 0. The molecule has 1 atom stereocenters. The van der Waals surface area contributed by atoms with E-state index in [4.69, 9.17) is 0 Å². The van der Waals surface area contributed by atoms with Crippen molar-refractivity contribution in [3.05, 3.63) is 0 Å². The van der Waals surface area contributed by atoms with Crippen LogP contribution in [0.4, 0.5) is 13.2 Å². The predicted octanol–water partition coefficient (Wildman–Crippen LogP) is 2.96. The zero-order valence-electron chi connectivity index (χ0n) is 8.82. The molecule has 1 aliphatic heterocycles. The maximum absolute atomic E-state index is 12.4. The van der Waals surface area contributed by atoms with Crippen LogP contribution in [-0.4, -0.2) is 19.3 Å². The lowest BCUT2D eigenvalue weighted by molar-refractivity contribution is -0.184. The Kier molecular flexibility index (Phi) is 3.24. The zero-order valence-corrected chi connectivity index (χ0v) is 8.82. The van der Waals surface area contributed by atoms with Gasteiger partial charge in [-0.05, 0) is 57.0 Å². The molecule has 0 radical (unpaired) electrons. The van der Waals surface area contributed by atoms with Gasteiger partial charge in [-0.25, -0.2) is 0 Å². The molecule has 1 heterocycles. The minimum Gasteiger partial charge on any atom is -0.316 e. The summed E-state index contributed by atoms with van der Waals surface area (Å²) in [6, 6.07) is 0. The molecule has 0 aromatic rings. The normalized spacial score (nSPS) is 38.2. The van der Waals surface area contributed by atoms with E-state index in [1.165, 1.54) is 0 Å². The maximum atomic E-state index is 12.4. The molecule has 2 rings (SSSR count). The summed E-state index contributed by atoms with van der Waals surface area (Å²) < 4.78 is 37.3. The van der Waals surface area contributed by atoms with Gasteiger partial charge in [0, 0.05) is 0 Å². The number of hydrogen-bond acceptors (Lipinski definition) is 1. The van der Waals surface area contributed by atoms with E-state index in [1.807, 2.05) is 0 Å². The molecule has 0 aromatic carbocycles. The largest absolute Gasteiger partial charge is 0.391 e. The van der Waals surface area contributed by atoms with E-state index in [1.54, 1.807) is 0 Å². The Hall–Kier alpha value is -0.250. The van der Waals surface area contributed by atoms with E-state index in [-0.39, 0.29) is 0 Å². The van der Waals surface area contributed by atoms with Gasteiger partial charge in [0.15, 0.2) is 0 Å². The Bertz CT molecular complexity index is 200. The Morgan fingerprint density at radius 1 is 0.867 bits per heavy atom. The molecule has 1 N–H and O–H groups in total. The van der Waals surface area contributed by atoms with Gasteiger partial charge in [-0.2, -0.15) is 13.2 Å². The summed E-state index contributed by atoms with van der Waals surface area (Å²) in [5, 5.41) is 3.29. The van der Waals surface area contributed by atoms with Gasteiger partial charge in [0.2, 0.25) is 0 Å². The summed E-state index contributed by atoms with van der Waals surface area (Å²) in [6.07, 6.45) is -0.553. The number of alkyl halides is 3. The lowest BCUT2D eigenvalue weighted by Gasteiger charge is -2.32. The molecule has 88 valence electrons. The summed E-state index contributed by atoms with van der Waals surface area (Å²) in [7, 11) is 0.